The van der Waals surface area contributed by atoms with Crippen LogP contribution in [0.15, 0.2) is 59.2 Å². The smallest absolute Gasteiger partial charge is 0.230 e. The van der Waals surface area contributed by atoms with E-state index in [1.54, 1.807) is 48.7 Å². The molecule has 0 unspecified atom stereocenters. The van der Waals surface area contributed by atoms with Crippen LogP contribution in [0.4, 0.5) is 16.0 Å². The lowest BCUT2D eigenvalue weighted by atomic mass is 10.2. The van der Waals surface area contributed by atoms with Gasteiger partial charge in [0.15, 0.2) is 0 Å². The van der Waals surface area contributed by atoms with Crippen LogP contribution in [0.2, 0.25) is 0 Å². The van der Waals surface area contributed by atoms with Crippen LogP contribution in [0, 0.1) is 17.1 Å². The standard InChI is InChI=1S/C18H12BrFN4O/c19-14-4-3-13(16(20)9-14)11-25-17-7-8-22-18(24-17)23-15-5-1-12(10-21)2-6-15/h1-9H,11H2,(H,22,23,24). The molecule has 0 radical (unpaired) electrons. The van der Waals surface area contributed by atoms with Crippen LogP contribution >= 0.6 is 15.9 Å². The third-order valence-electron chi connectivity index (χ3n) is 3.29. The second-order valence-electron chi connectivity index (χ2n) is 5.06. The van der Waals surface area contributed by atoms with Crippen molar-refractivity contribution in [3.05, 3.63) is 76.1 Å². The average molecular weight is 399 g/mol. The molecule has 0 saturated heterocycles. The molecule has 5 nitrogen and oxygen atoms in total. The van der Waals surface area contributed by atoms with Gasteiger partial charge in [0.2, 0.25) is 11.8 Å². The molecule has 1 heterocycles. The summed E-state index contributed by atoms with van der Waals surface area (Å²) >= 11 is 3.21. The third kappa shape index (κ3) is 4.52. The highest BCUT2D eigenvalue weighted by molar-refractivity contribution is 9.10. The fraction of sp³-hybridized carbons (Fsp3) is 0.0556. The molecule has 0 spiro atoms. The van der Waals surface area contributed by atoms with Gasteiger partial charge in [0.1, 0.15) is 12.4 Å². The number of hydrogen-bond donors (Lipinski definition) is 1. The largest absolute Gasteiger partial charge is 0.473 e. The summed E-state index contributed by atoms with van der Waals surface area (Å²) in [7, 11) is 0. The monoisotopic (exact) mass is 398 g/mol. The Bertz CT molecular complexity index is 925. The van der Waals surface area contributed by atoms with E-state index in [4.69, 9.17) is 10.00 Å². The molecule has 124 valence electrons. The van der Waals surface area contributed by atoms with Crippen LogP contribution in [0.25, 0.3) is 0 Å². The van der Waals surface area contributed by atoms with Gasteiger partial charge in [0.25, 0.3) is 0 Å². The van der Waals surface area contributed by atoms with E-state index < -0.39 is 0 Å². The Balaban J connectivity index is 1.67. The number of benzene rings is 2. The number of halogens is 2. The van der Waals surface area contributed by atoms with Crippen molar-refractivity contribution in [2.45, 2.75) is 6.61 Å². The van der Waals surface area contributed by atoms with Crippen LogP contribution in [0.1, 0.15) is 11.1 Å². The minimum atomic E-state index is -0.348. The Hall–Kier alpha value is -2.98. The number of nitrogens with one attached hydrogen (secondary N) is 1. The van der Waals surface area contributed by atoms with E-state index in [-0.39, 0.29) is 12.4 Å². The average Bonchev–Trinajstić information content (AvgIpc) is 2.62. The van der Waals surface area contributed by atoms with E-state index in [1.165, 1.54) is 6.07 Å². The Morgan fingerprint density at radius 3 is 2.68 bits per heavy atom. The molecule has 1 N–H and O–H groups in total. The lowest BCUT2D eigenvalue weighted by molar-refractivity contribution is 0.288. The Morgan fingerprint density at radius 2 is 1.96 bits per heavy atom. The summed E-state index contributed by atoms with van der Waals surface area (Å²) in [4.78, 5) is 8.35. The summed E-state index contributed by atoms with van der Waals surface area (Å²) < 4.78 is 20.0. The summed E-state index contributed by atoms with van der Waals surface area (Å²) in [5, 5.41) is 11.8. The normalized spacial score (nSPS) is 10.1. The predicted molar refractivity (Wildman–Crippen MR) is 94.9 cm³/mol. The molecule has 0 atom stereocenters. The Labute approximate surface area is 152 Å². The lowest BCUT2D eigenvalue weighted by Gasteiger charge is -2.09. The predicted octanol–water partition coefficient (Wildman–Crippen LogP) is 4.57. The summed E-state index contributed by atoms with van der Waals surface area (Å²) in [6, 6.07) is 15.3. The van der Waals surface area contributed by atoms with E-state index in [0.717, 1.165) is 5.69 Å². The molecule has 0 bridgehead atoms. The van der Waals surface area contributed by atoms with Crippen LogP contribution in [0.5, 0.6) is 5.88 Å². The fourth-order valence-corrected chi connectivity index (χ4v) is 2.36. The van der Waals surface area contributed by atoms with Crippen molar-refractivity contribution in [3.63, 3.8) is 0 Å². The molecular formula is C18H12BrFN4O. The first kappa shape index (κ1) is 16.9. The molecule has 0 amide bonds. The Morgan fingerprint density at radius 1 is 1.16 bits per heavy atom. The maximum atomic E-state index is 13.8. The number of anilines is 2. The Kier molecular flexibility index (Phi) is 5.21. The fourth-order valence-electron chi connectivity index (χ4n) is 2.03. The van der Waals surface area contributed by atoms with Gasteiger partial charge in [-0.25, -0.2) is 9.37 Å². The van der Waals surface area contributed by atoms with Gasteiger partial charge in [0.05, 0.1) is 11.6 Å². The lowest BCUT2D eigenvalue weighted by Crippen LogP contribution is -2.02. The zero-order valence-electron chi connectivity index (χ0n) is 12.9. The zero-order valence-corrected chi connectivity index (χ0v) is 14.5. The molecule has 0 aliphatic rings. The quantitative estimate of drug-likeness (QED) is 0.681. The van der Waals surface area contributed by atoms with Crippen molar-refractivity contribution < 1.29 is 9.13 Å². The van der Waals surface area contributed by atoms with Gasteiger partial charge in [-0.2, -0.15) is 10.2 Å². The van der Waals surface area contributed by atoms with Crippen LogP contribution in [-0.4, -0.2) is 9.97 Å². The number of aromatic nitrogens is 2. The first-order chi connectivity index (χ1) is 12.1. The minimum Gasteiger partial charge on any atom is -0.473 e. The highest BCUT2D eigenvalue weighted by Crippen LogP contribution is 2.19. The maximum absolute atomic E-state index is 13.8. The van der Waals surface area contributed by atoms with Gasteiger partial charge in [0, 0.05) is 28.0 Å². The number of nitriles is 1. The van der Waals surface area contributed by atoms with Gasteiger partial charge in [-0.3, -0.25) is 0 Å². The van der Waals surface area contributed by atoms with E-state index in [0.29, 0.717) is 27.4 Å². The van der Waals surface area contributed by atoms with Crippen LogP contribution in [-0.2, 0) is 6.61 Å². The van der Waals surface area contributed by atoms with E-state index in [9.17, 15) is 4.39 Å². The number of ether oxygens (including phenoxy) is 1. The summed E-state index contributed by atoms with van der Waals surface area (Å²) in [6.45, 7) is 0.0619. The van der Waals surface area contributed by atoms with E-state index in [1.807, 2.05) is 0 Å². The van der Waals surface area contributed by atoms with Crippen molar-refractivity contribution in [1.29, 1.82) is 5.26 Å². The van der Waals surface area contributed by atoms with Gasteiger partial charge < -0.3 is 10.1 Å². The van der Waals surface area contributed by atoms with Crippen molar-refractivity contribution in [1.82, 2.24) is 9.97 Å². The number of nitrogens with zero attached hydrogens (tertiary/aromatic N) is 3. The molecule has 25 heavy (non-hydrogen) atoms. The first-order valence-corrected chi connectivity index (χ1v) is 8.10. The molecule has 0 fully saturated rings. The molecule has 1 aromatic heterocycles. The molecule has 3 aromatic rings. The number of hydrogen-bond acceptors (Lipinski definition) is 5. The second kappa shape index (κ2) is 7.73. The molecule has 2 aromatic carbocycles. The van der Waals surface area contributed by atoms with Crippen molar-refractivity contribution in [3.8, 4) is 11.9 Å². The summed E-state index contributed by atoms with van der Waals surface area (Å²) in [5.74, 6) is 0.325. The van der Waals surface area contributed by atoms with Crippen molar-refractivity contribution in [2.24, 2.45) is 0 Å². The van der Waals surface area contributed by atoms with Gasteiger partial charge in [-0.15, -0.1) is 0 Å². The second-order valence-corrected chi connectivity index (χ2v) is 5.97. The van der Waals surface area contributed by atoms with Gasteiger partial charge >= 0.3 is 0 Å². The molecule has 0 aliphatic heterocycles. The van der Waals surface area contributed by atoms with Crippen LogP contribution in [0.3, 0.4) is 0 Å². The van der Waals surface area contributed by atoms with Crippen molar-refractivity contribution >= 4 is 27.6 Å². The molecule has 0 aliphatic carbocycles. The maximum Gasteiger partial charge on any atom is 0.230 e. The third-order valence-corrected chi connectivity index (χ3v) is 3.78. The van der Waals surface area contributed by atoms with Gasteiger partial charge in [-0.1, -0.05) is 22.0 Å². The van der Waals surface area contributed by atoms with Crippen molar-refractivity contribution in [2.75, 3.05) is 5.32 Å². The van der Waals surface area contributed by atoms with E-state index in [2.05, 4.69) is 37.3 Å². The summed E-state index contributed by atoms with van der Waals surface area (Å²) in [6.07, 6.45) is 1.55. The topological polar surface area (TPSA) is 70.8 Å². The zero-order chi connectivity index (χ0) is 17.6. The summed E-state index contributed by atoms with van der Waals surface area (Å²) in [5.41, 5.74) is 1.75. The molecular weight excluding hydrogens is 387 g/mol. The molecule has 3 rings (SSSR count). The van der Waals surface area contributed by atoms with Crippen LogP contribution < -0.4 is 10.1 Å². The first-order valence-electron chi connectivity index (χ1n) is 7.31. The highest BCUT2D eigenvalue weighted by atomic mass is 79.9. The van der Waals surface area contributed by atoms with Gasteiger partial charge in [-0.05, 0) is 36.4 Å². The minimum absolute atomic E-state index is 0.0619. The molecule has 0 saturated carbocycles. The molecule has 7 heteroatoms. The SMILES string of the molecule is N#Cc1ccc(Nc2nccc(OCc3ccc(Br)cc3F)n2)cc1. The highest BCUT2D eigenvalue weighted by Gasteiger charge is 2.06. The number of rotatable bonds is 5. The van der Waals surface area contributed by atoms with E-state index >= 15 is 0 Å².